The molecular formula is C71H144N2O6P+. The average Bonchev–Trinajstić information content (AvgIpc) is 3.42. The number of carbonyl (C=O) groups excluding carboxylic acids is 1. The maximum Gasteiger partial charge on any atom is 0.472 e. The van der Waals surface area contributed by atoms with Gasteiger partial charge in [0.05, 0.1) is 39.9 Å². The number of unbranched alkanes of at least 4 members (excludes halogenated alkanes) is 55. The van der Waals surface area contributed by atoms with E-state index >= 15 is 0 Å². The van der Waals surface area contributed by atoms with E-state index in [1.54, 1.807) is 6.08 Å². The summed E-state index contributed by atoms with van der Waals surface area (Å²) in [5, 5.41) is 14.0. The minimum absolute atomic E-state index is 0.0654. The highest BCUT2D eigenvalue weighted by Gasteiger charge is 2.28. The molecule has 3 unspecified atom stereocenters. The number of phosphoric ester groups is 1. The molecule has 8 nitrogen and oxygen atoms in total. The summed E-state index contributed by atoms with van der Waals surface area (Å²) in [5.41, 5.74) is 0. The Bertz CT molecular complexity index is 1310. The summed E-state index contributed by atoms with van der Waals surface area (Å²) in [6.45, 7) is 4.89. The van der Waals surface area contributed by atoms with Crippen LogP contribution in [0.4, 0.5) is 0 Å². The Labute approximate surface area is 501 Å². The van der Waals surface area contributed by atoms with Gasteiger partial charge in [-0.05, 0) is 19.3 Å². The van der Waals surface area contributed by atoms with Crippen molar-refractivity contribution in [1.29, 1.82) is 0 Å². The fourth-order valence-electron chi connectivity index (χ4n) is 11.4. The Morgan fingerprint density at radius 3 is 0.925 bits per heavy atom. The van der Waals surface area contributed by atoms with Gasteiger partial charge in [0.1, 0.15) is 13.2 Å². The molecule has 3 N–H and O–H groups in total. The van der Waals surface area contributed by atoms with E-state index in [9.17, 15) is 19.4 Å². The van der Waals surface area contributed by atoms with Gasteiger partial charge in [-0.3, -0.25) is 13.8 Å². The number of phosphoric acid groups is 1. The van der Waals surface area contributed by atoms with Crippen LogP contribution in [0.1, 0.15) is 386 Å². The highest BCUT2D eigenvalue weighted by Crippen LogP contribution is 2.43. The van der Waals surface area contributed by atoms with Gasteiger partial charge in [0.15, 0.2) is 0 Å². The molecule has 3 atom stereocenters. The van der Waals surface area contributed by atoms with E-state index in [4.69, 9.17) is 9.05 Å². The summed E-state index contributed by atoms with van der Waals surface area (Å²) in [5.74, 6) is -0.167. The highest BCUT2D eigenvalue weighted by molar-refractivity contribution is 7.47. The lowest BCUT2D eigenvalue weighted by Crippen LogP contribution is -2.45. The number of amides is 1. The SMILES string of the molecule is CCCCCCCCCCCCCCCCCCCCC/C=C/C(O)C(COP(=O)(O)OCC[N+](C)(C)C)NC(=O)CCCCCCCCCCCCCCCCCCCCCCCCCCCCCCCCCCCCCCC. The Hall–Kier alpha value is -0.760. The van der Waals surface area contributed by atoms with Crippen molar-refractivity contribution in [3.8, 4) is 0 Å². The van der Waals surface area contributed by atoms with Crippen molar-refractivity contribution in [3.63, 3.8) is 0 Å². The summed E-state index contributed by atoms with van der Waals surface area (Å²) < 4.78 is 23.8. The lowest BCUT2D eigenvalue weighted by atomic mass is 10.0. The molecule has 0 aliphatic rings. The zero-order chi connectivity index (χ0) is 58.4. The second kappa shape index (κ2) is 62.8. The van der Waals surface area contributed by atoms with Gasteiger partial charge in [0.2, 0.25) is 5.91 Å². The van der Waals surface area contributed by atoms with Crippen LogP contribution in [0.2, 0.25) is 0 Å². The van der Waals surface area contributed by atoms with E-state index in [0.717, 1.165) is 32.1 Å². The topological polar surface area (TPSA) is 105 Å². The first-order valence-electron chi connectivity index (χ1n) is 36.1. The number of hydrogen-bond acceptors (Lipinski definition) is 5. The molecule has 0 fully saturated rings. The van der Waals surface area contributed by atoms with Gasteiger partial charge >= 0.3 is 7.82 Å². The number of aliphatic hydroxyl groups excluding tert-OH is 1. The molecule has 0 aliphatic heterocycles. The third-order valence-corrected chi connectivity index (χ3v) is 18.0. The van der Waals surface area contributed by atoms with Crippen LogP contribution in [-0.4, -0.2) is 73.4 Å². The number of likely N-dealkylation sites (N-methyl/N-ethyl adjacent to an activating group) is 1. The fraction of sp³-hybridized carbons (Fsp3) is 0.958. The van der Waals surface area contributed by atoms with Crippen LogP contribution >= 0.6 is 7.82 Å². The molecule has 478 valence electrons. The molecular weight excluding hydrogens is 1010 g/mol. The molecule has 0 rings (SSSR count). The third kappa shape index (κ3) is 64.8. The van der Waals surface area contributed by atoms with E-state index in [1.165, 1.54) is 334 Å². The standard InChI is InChI=1S/C71H143N2O6P/c1-6-8-10-12-14-16-18-20-22-24-26-28-29-30-31-32-33-34-35-36-37-38-39-40-41-42-43-45-47-49-51-53-55-57-59-61-63-65-71(75)72-69(68-79-80(76,77)78-67-66-73(3,4)5)70(74)64-62-60-58-56-54-52-50-48-46-44-27-25-23-21-19-17-15-13-11-9-7-2/h62,64,69-70,74H,6-61,63,65-68H2,1-5H3,(H-,72,75,76,77)/p+1/b64-62+. The molecule has 0 saturated carbocycles. The van der Waals surface area contributed by atoms with E-state index in [0.29, 0.717) is 17.4 Å². The first-order valence-corrected chi connectivity index (χ1v) is 37.6. The average molecular weight is 1150 g/mol. The Morgan fingerprint density at radius 1 is 0.412 bits per heavy atom. The molecule has 0 aromatic rings. The van der Waals surface area contributed by atoms with Crippen LogP contribution in [0.5, 0.6) is 0 Å². The van der Waals surface area contributed by atoms with Crippen molar-refractivity contribution in [2.75, 3.05) is 40.9 Å². The van der Waals surface area contributed by atoms with E-state index in [1.807, 2.05) is 27.2 Å². The smallest absolute Gasteiger partial charge is 0.387 e. The van der Waals surface area contributed by atoms with E-state index in [2.05, 4.69) is 19.2 Å². The zero-order valence-electron chi connectivity index (χ0n) is 54.9. The number of aliphatic hydroxyl groups is 1. The summed E-state index contributed by atoms with van der Waals surface area (Å²) in [6, 6.07) is -0.843. The number of hydrogen-bond donors (Lipinski definition) is 3. The van der Waals surface area contributed by atoms with Crippen LogP contribution in [0, 0.1) is 0 Å². The van der Waals surface area contributed by atoms with Gasteiger partial charge in [-0.2, -0.15) is 0 Å². The molecule has 0 radical (unpaired) electrons. The van der Waals surface area contributed by atoms with Crippen LogP contribution < -0.4 is 5.32 Å². The minimum atomic E-state index is -4.35. The van der Waals surface area contributed by atoms with Gasteiger partial charge in [0, 0.05) is 6.42 Å². The summed E-state index contributed by atoms with van der Waals surface area (Å²) in [7, 11) is 1.60. The Balaban J connectivity index is 3.92. The monoisotopic (exact) mass is 1150 g/mol. The quantitative estimate of drug-likeness (QED) is 0.0243. The lowest BCUT2D eigenvalue weighted by molar-refractivity contribution is -0.870. The van der Waals surface area contributed by atoms with Crippen molar-refractivity contribution in [3.05, 3.63) is 12.2 Å². The third-order valence-electron chi connectivity index (χ3n) is 17.0. The fourth-order valence-corrected chi connectivity index (χ4v) is 12.1. The predicted molar refractivity (Wildman–Crippen MR) is 351 cm³/mol. The largest absolute Gasteiger partial charge is 0.472 e. The molecule has 0 aromatic carbocycles. The summed E-state index contributed by atoms with van der Waals surface area (Å²) >= 11 is 0. The lowest BCUT2D eigenvalue weighted by Gasteiger charge is -2.25. The number of carbonyl (C=O) groups is 1. The van der Waals surface area contributed by atoms with Gasteiger partial charge < -0.3 is 19.8 Å². The minimum Gasteiger partial charge on any atom is -0.387 e. The predicted octanol–water partition coefficient (Wildman–Crippen LogP) is 22.9. The maximum absolute atomic E-state index is 13.0. The number of rotatable bonds is 68. The molecule has 0 aromatic heterocycles. The zero-order valence-corrected chi connectivity index (χ0v) is 55.8. The number of nitrogens with one attached hydrogen (secondary N) is 1. The molecule has 0 spiro atoms. The molecule has 1 amide bonds. The first-order chi connectivity index (χ1) is 39.0. The molecule has 9 heteroatoms. The molecule has 0 heterocycles. The Kier molecular flexibility index (Phi) is 62.2. The molecule has 0 aliphatic carbocycles. The second-order valence-corrected chi connectivity index (χ2v) is 27.8. The normalized spacial score (nSPS) is 13.6. The van der Waals surface area contributed by atoms with Crippen LogP contribution in [0.25, 0.3) is 0 Å². The Morgan fingerprint density at radius 2 is 0.662 bits per heavy atom. The van der Waals surface area contributed by atoms with Crippen molar-refractivity contribution in [2.45, 2.75) is 398 Å². The number of allylic oxidation sites excluding steroid dienone is 1. The summed E-state index contributed by atoms with van der Waals surface area (Å²) in [6.07, 6.45) is 80.9. The molecule has 80 heavy (non-hydrogen) atoms. The maximum atomic E-state index is 13.0. The van der Waals surface area contributed by atoms with Gasteiger partial charge in [-0.15, -0.1) is 0 Å². The van der Waals surface area contributed by atoms with E-state index in [-0.39, 0.29) is 19.1 Å². The van der Waals surface area contributed by atoms with Crippen molar-refractivity contribution >= 4 is 13.7 Å². The van der Waals surface area contributed by atoms with Crippen LogP contribution in [0.3, 0.4) is 0 Å². The van der Waals surface area contributed by atoms with Gasteiger partial charge in [-0.25, -0.2) is 4.57 Å². The molecule has 0 bridgehead atoms. The van der Waals surface area contributed by atoms with Crippen molar-refractivity contribution in [1.82, 2.24) is 5.32 Å². The van der Waals surface area contributed by atoms with E-state index < -0.39 is 20.0 Å². The van der Waals surface area contributed by atoms with Crippen molar-refractivity contribution < 1.29 is 32.9 Å². The number of nitrogens with zero attached hydrogens (tertiary/aromatic N) is 1. The number of quaternary nitrogens is 1. The summed E-state index contributed by atoms with van der Waals surface area (Å²) in [4.78, 5) is 23.4. The van der Waals surface area contributed by atoms with Gasteiger partial charge in [0.25, 0.3) is 0 Å². The first kappa shape index (κ1) is 79.2. The van der Waals surface area contributed by atoms with Gasteiger partial charge in [-0.1, -0.05) is 373 Å². The van der Waals surface area contributed by atoms with Crippen LogP contribution in [-0.2, 0) is 18.4 Å². The molecule has 0 saturated heterocycles. The second-order valence-electron chi connectivity index (χ2n) is 26.3. The van der Waals surface area contributed by atoms with Crippen LogP contribution in [0.15, 0.2) is 12.2 Å². The van der Waals surface area contributed by atoms with Crippen molar-refractivity contribution in [2.24, 2.45) is 0 Å². The highest BCUT2D eigenvalue weighted by atomic mass is 31.2.